The summed E-state index contributed by atoms with van der Waals surface area (Å²) in [5.74, 6) is -0.0972. The largest absolute Gasteiger partial charge is 0.396 e. The predicted octanol–water partition coefficient (Wildman–Crippen LogP) is -0.890. The molecule has 0 saturated heterocycles. The van der Waals surface area contributed by atoms with E-state index in [-0.39, 0.29) is 12.5 Å². The van der Waals surface area contributed by atoms with Gasteiger partial charge in [-0.2, -0.15) is 0 Å². The number of hydrogen-bond donors (Lipinski definition) is 3. The summed E-state index contributed by atoms with van der Waals surface area (Å²) in [6.07, 6.45) is 0.0442. The van der Waals surface area contributed by atoms with E-state index in [1.165, 1.54) is 0 Å². The average molecular weight is 132 g/mol. The molecule has 3 heteroatoms. The van der Waals surface area contributed by atoms with Gasteiger partial charge in [-0.25, -0.2) is 0 Å². The second-order valence-corrected chi connectivity index (χ2v) is 2.58. The maximum Gasteiger partial charge on any atom is 0.0849 e. The van der Waals surface area contributed by atoms with Gasteiger partial charge in [0.25, 0.3) is 0 Å². The van der Waals surface area contributed by atoms with Crippen molar-refractivity contribution in [2.24, 2.45) is 5.92 Å². The molecule has 1 fully saturated rings. The van der Waals surface area contributed by atoms with Crippen LogP contribution in [0.5, 0.6) is 0 Å². The molecule has 3 nitrogen and oxygen atoms in total. The Balaban J connectivity index is 2.41. The van der Waals surface area contributed by atoms with E-state index in [1.807, 2.05) is 0 Å². The Labute approximate surface area is 53.9 Å². The molecular formula is C6H12O3. The van der Waals surface area contributed by atoms with Gasteiger partial charge in [-0.15, -0.1) is 0 Å². The summed E-state index contributed by atoms with van der Waals surface area (Å²) >= 11 is 0. The van der Waals surface area contributed by atoms with Crippen LogP contribution in [-0.2, 0) is 0 Å². The SMILES string of the molecule is OC[C@H]1CC[C@@H](O)[C@H]1O. The topological polar surface area (TPSA) is 60.7 Å². The fraction of sp³-hybridized carbons (Fsp3) is 1.00. The highest BCUT2D eigenvalue weighted by molar-refractivity contribution is 4.83. The third-order valence-electron chi connectivity index (χ3n) is 1.94. The lowest BCUT2D eigenvalue weighted by molar-refractivity contribution is 0.00682. The normalized spacial score (nSPS) is 43.7. The van der Waals surface area contributed by atoms with Crippen LogP contribution >= 0.6 is 0 Å². The van der Waals surface area contributed by atoms with Crippen LogP contribution in [0.3, 0.4) is 0 Å². The van der Waals surface area contributed by atoms with E-state index in [4.69, 9.17) is 15.3 Å². The van der Waals surface area contributed by atoms with E-state index < -0.39 is 12.2 Å². The van der Waals surface area contributed by atoms with Crippen LogP contribution in [0.1, 0.15) is 12.8 Å². The lowest BCUT2D eigenvalue weighted by atomic mass is 10.1. The average Bonchev–Trinajstić information content (AvgIpc) is 2.15. The third kappa shape index (κ3) is 1.23. The summed E-state index contributed by atoms with van der Waals surface area (Å²) in [5, 5.41) is 26.6. The van der Waals surface area contributed by atoms with Crippen LogP contribution in [0.4, 0.5) is 0 Å². The van der Waals surface area contributed by atoms with Crippen molar-refractivity contribution in [1.29, 1.82) is 0 Å². The molecule has 3 N–H and O–H groups in total. The molecule has 0 aromatic heterocycles. The molecule has 9 heavy (non-hydrogen) atoms. The van der Waals surface area contributed by atoms with E-state index in [1.54, 1.807) is 0 Å². The molecule has 0 aliphatic heterocycles. The standard InChI is InChI=1S/C6H12O3/c7-3-4-1-2-5(8)6(4)9/h4-9H,1-3H2/t4-,5-,6+/m1/s1. The highest BCUT2D eigenvalue weighted by atomic mass is 16.3. The Hall–Kier alpha value is -0.120. The maximum absolute atomic E-state index is 9.05. The zero-order chi connectivity index (χ0) is 6.85. The maximum atomic E-state index is 9.05. The monoisotopic (exact) mass is 132 g/mol. The Morgan fingerprint density at radius 1 is 1.22 bits per heavy atom. The molecular weight excluding hydrogens is 120 g/mol. The van der Waals surface area contributed by atoms with Gasteiger partial charge in [0.05, 0.1) is 12.2 Å². The van der Waals surface area contributed by atoms with Gasteiger partial charge in [-0.05, 0) is 12.8 Å². The van der Waals surface area contributed by atoms with Crippen LogP contribution in [0, 0.1) is 5.92 Å². The molecule has 0 heterocycles. The minimum atomic E-state index is -0.699. The molecule has 0 aromatic rings. The summed E-state index contributed by atoms with van der Waals surface area (Å²) in [7, 11) is 0. The van der Waals surface area contributed by atoms with Gasteiger partial charge in [0.15, 0.2) is 0 Å². The zero-order valence-corrected chi connectivity index (χ0v) is 5.20. The molecule has 0 unspecified atom stereocenters. The first-order chi connectivity index (χ1) is 4.25. The highest BCUT2D eigenvalue weighted by Gasteiger charge is 2.32. The molecule has 1 rings (SSSR count). The summed E-state index contributed by atoms with van der Waals surface area (Å²) in [6, 6.07) is 0. The molecule has 0 bridgehead atoms. The summed E-state index contributed by atoms with van der Waals surface area (Å²) in [6.45, 7) is -0.0156. The van der Waals surface area contributed by atoms with E-state index in [0.29, 0.717) is 6.42 Å². The zero-order valence-electron chi connectivity index (χ0n) is 5.20. The first-order valence-electron chi connectivity index (χ1n) is 3.22. The molecule has 54 valence electrons. The second-order valence-electron chi connectivity index (χ2n) is 2.58. The summed E-state index contributed by atoms with van der Waals surface area (Å²) in [5.41, 5.74) is 0. The van der Waals surface area contributed by atoms with Crippen molar-refractivity contribution in [2.75, 3.05) is 6.61 Å². The van der Waals surface area contributed by atoms with Crippen molar-refractivity contribution in [3.05, 3.63) is 0 Å². The summed E-state index contributed by atoms with van der Waals surface area (Å²) < 4.78 is 0. The fourth-order valence-electron chi connectivity index (χ4n) is 1.24. The number of aliphatic hydroxyl groups is 3. The van der Waals surface area contributed by atoms with Crippen molar-refractivity contribution < 1.29 is 15.3 Å². The van der Waals surface area contributed by atoms with Gasteiger partial charge in [0.2, 0.25) is 0 Å². The number of rotatable bonds is 1. The lowest BCUT2D eigenvalue weighted by Crippen LogP contribution is -2.26. The number of aliphatic hydroxyl groups excluding tert-OH is 3. The second kappa shape index (κ2) is 2.64. The minimum Gasteiger partial charge on any atom is -0.396 e. The van der Waals surface area contributed by atoms with E-state index in [0.717, 1.165) is 6.42 Å². The van der Waals surface area contributed by atoms with Crippen LogP contribution in [-0.4, -0.2) is 34.1 Å². The van der Waals surface area contributed by atoms with Gasteiger partial charge < -0.3 is 15.3 Å². The minimum absolute atomic E-state index is 0.0156. The first kappa shape index (κ1) is 6.99. The van der Waals surface area contributed by atoms with Crippen molar-refractivity contribution >= 4 is 0 Å². The first-order valence-corrected chi connectivity index (χ1v) is 3.22. The molecule has 1 aliphatic rings. The molecule has 0 aromatic carbocycles. The van der Waals surface area contributed by atoms with Crippen molar-refractivity contribution in [2.45, 2.75) is 25.0 Å². The van der Waals surface area contributed by atoms with Gasteiger partial charge in [-0.3, -0.25) is 0 Å². The smallest absolute Gasteiger partial charge is 0.0849 e. The van der Waals surface area contributed by atoms with E-state index in [9.17, 15) is 0 Å². The molecule has 1 saturated carbocycles. The summed E-state index contributed by atoms with van der Waals surface area (Å²) in [4.78, 5) is 0. The number of hydrogen-bond acceptors (Lipinski definition) is 3. The van der Waals surface area contributed by atoms with Gasteiger partial charge in [0, 0.05) is 12.5 Å². The Kier molecular flexibility index (Phi) is 2.05. The van der Waals surface area contributed by atoms with Crippen molar-refractivity contribution in [3.8, 4) is 0 Å². The molecule has 0 spiro atoms. The van der Waals surface area contributed by atoms with Crippen LogP contribution in [0.2, 0.25) is 0 Å². The van der Waals surface area contributed by atoms with Gasteiger partial charge >= 0.3 is 0 Å². The van der Waals surface area contributed by atoms with Crippen molar-refractivity contribution in [1.82, 2.24) is 0 Å². The van der Waals surface area contributed by atoms with Crippen LogP contribution < -0.4 is 0 Å². The molecule has 3 atom stereocenters. The molecule has 0 amide bonds. The third-order valence-corrected chi connectivity index (χ3v) is 1.94. The van der Waals surface area contributed by atoms with Crippen molar-refractivity contribution in [3.63, 3.8) is 0 Å². The predicted molar refractivity (Wildman–Crippen MR) is 31.8 cm³/mol. The Bertz CT molecular complexity index is 94.3. The molecule has 1 aliphatic carbocycles. The van der Waals surface area contributed by atoms with Gasteiger partial charge in [-0.1, -0.05) is 0 Å². The fourth-order valence-corrected chi connectivity index (χ4v) is 1.24. The molecule has 0 radical (unpaired) electrons. The Morgan fingerprint density at radius 3 is 2.11 bits per heavy atom. The van der Waals surface area contributed by atoms with Crippen LogP contribution in [0.15, 0.2) is 0 Å². The lowest BCUT2D eigenvalue weighted by Gasteiger charge is -2.12. The quantitative estimate of drug-likeness (QED) is 0.434. The van der Waals surface area contributed by atoms with Crippen LogP contribution in [0.25, 0.3) is 0 Å². The Morgan fingerprint density at radius 2 is 1.89 bits per heavy atom. The highest BCUT2D eigenvalue weighted by Crippen LogP contribution is 2.24. The van der Waals surface area contributed by atoms with E-state index in [2.05, 4.69) is 0 Å². The van der Waals surface area contributed by atoms with E-state index >= 15 is 0 Å². The van der Waals surface area contributed by atoms with Gasteiger partial charge in [0.1, 0.15) is 0 Å².